The van der Waals surface area contributed by atoms with Gasteiger partial charge in [-0.05, 0) is 11.6 Å². The SMILES string of the molecule is O=C(/C=C/c1ccccc1)c1ccccc1.[PbH2]. The van der Waals surface area contributed by atoms with Crippen LogP contribution in [0.4, 0.5) is 0 Å². The zero-order chi connectivity index (χ0) is 11.2. The predicted octanol–water partition coefficient (Wildman–Crippen LogP) is 2.67. The van der Waals surface area contributed by atoms with E-state index in [0.29, 0.717) is 0 Å². The van der Waals surface area contributed by atoms with E-state index < -0.39 is 0 Å². The normalized spacial score (nSPS) is 9.88. The van der Waals surface area contributed by atoms with Gasteiger partial charge in [0.15, 0.2) is 5.78 Å². The summed E-state index contributed by atoms with van der Waals surface area (Å²) in [4.78, 5) is 11.7. The van der Waals surface area contributed by atoms with Gasteiger partial charge in [0.2, 0.25) is 0 Å². The molecule has 0 amide bonds. The van der Waals surface area contributed by atoms with E-state index in [1.165, 1.54) is 0 Å². The van der Waals surface area contributed by atoms with Crippen molar-refractivity contribution in [3.05, 3.63) is 77.9 Å². The zero-order valence-corrected chi connectivity index (χ0v) is 15.0. The Labute approximate surface area is 121 Å². The van der Waals surface area contributed by atoms with E-state index in [0.717, 1.165) is 11.1 Å². The average molecular weight is 417 g/mol. The van der Waals surface area contributed by atoms with E-state index in [-0.39, 0.29) is 33.1 Å². The number of carbonyl (C=O) groups is 1. The number of rotatable bonds is 3. The molecule has 2 aromatic rings. The molecule has 84 valence electrons. The first-order chi connectivity index (χ1) is 7.86. The van der Waals surface area contributed by atoms with Crippen LogP contribution in [0.2, 0.25) is 0 Å². The third-order valence-corrected chi connectivity index (χ3v) is 2.29. The van der Waals surface area contributed by atoms with Crippen LogP contribution < -0.4 is 0 Å². The van der Waals surface area contributed by atoms with Crippen LogP contribution in [-0.2, 0) is 0 Å². The van der Waals surface area contributed by atoms with Crippen molar-refractivity contribution in [1.82, 2.24) is 0 Å². The van der Waals surface area contributed by atoms with E-state index in [4.69, 9.17) is 0 Å². The average Bonchev–Trinajstić information content (AvgIpc) is 2.38. The quantitative estimate of drug-likeness (QED) is 0.426. The summed E-state index contributed by atoms with van der Waals surface area (Å²) in [6.45, 7) is 0. The molecule has 0 N–H and O–H groups in total. The van der Waals surface area contributed by atoms with E-state index in [1.807, 2.05) is 66.7 Å². The summed E-state index contributed by atoms with van der Waals surface area (Å²) in [5, 5.41) is 0. The van der Waals surface area contributed by atoms with Crippen LogP contribution in [0.25, 0.3) is 6.08 Å². The molecule has 0 atom stereocenters. The summed E-state index contributed by atoms with van der Waals surface area (Å²) < 4.78 is 0. The number of hydrogen-bond donors (Lipinski definition) is 0. The molecule has 1 nitrogen and oxygen atoms in total. The van der Waals surface area contributed by atoms with E-state index in [2.05, 4.69) is 0 Å². The van der Waals surface area contributed by atoms with Crippen LogP contribution in [0.5, 0.6) is 0 Å². The van der Waals surface area contributed by atoms with Crippen molar-refractivity contribution in [2.45, 2.75) is 0 Å². The Hall–Kier alpha value is -1.23. The molecule has 2 rings (SSSR count). The van der Waals surface area contributed by atoms with Gasteiger partial charge < -0.3 is 0 Å². The van der Waals surface area contributed by atoms with Crippen molar-refractivity contribution in [2.24, 2.45) is 0 Å². The van der Waals surface area contributed by atoms with Crippen molar-refractivity contribution in [3.63, 3.8) is 0 Å². The Morgan fingerprint density at radius 3 is 1.94 bits per heavy atom. The molecule has 0 spiro atoms. The molecule has 0 unspecified atom stereocenters. The third-order valence-electron chi connectivity index (χ3n) is 2.29. The molecule has 0 aromatic heterocycles. The molecule has 2 radical (unpaired) electrons. The number of benzene rings is 2. The molecule has 0 heterocycles. The fourth-order valence-corrected chi connectivity index (χ4v) is 1.43. The fraction of sp³-hybridized carbons (Fsp3) is 0. The Morgan fingerprint density at radius 2 is 1.35 bits per heavy atom. The molecule has 0 aliphatic carbocycles. The first kappa shape index (κ1) is 13.8. The minimum absolute atomic E-state index is 0. The maximum absolute atomic E-state index is 11.7. The number of carbonyl (C=O) groups excluding carboxylic acids is 1. The van der Waals surface area contributed by atoms with Gasteiger partial charge in [-0.2, -0.15) is 0 Å². The van der Waals surface area contributed by atoms with Crippen molar-refractivity contribution < 1.29 is 4.79 Å². The van der Waals surface area contributed by atoms with E-state index in [9.17, 15) is 4.79 Å². The molecule has 0 aliphatic rings. The third kappa shape index (κ3) is 4.26. The Kier molecular flexibility index (Phi) is 5.83. The molecular weight excluding hydrogens is 403 g/mol. The molecule has 0 saturated carbocycles. The molecule has 17 heavy (non-hydrogen) atoms. The van der Waals surface area contributed by atoms with Gasteiger partial charge in [0.1, 0.15) is 0 Å². The van der Waals surface area contributed by atoms with Gasteiger partial charge >= 0.3 is 27.3 Å². The van der Waals surface area contributed by atoms with Crippen LogP contribution in [0.1, 0.15) is 15.9 Å². The second-order valence-electron chi connectivity index (χ2n) is 3.47. The first-order valence-electron chi connectivity index (χ1n) is 5.19. The molecule has 0 fully saturated rings. The van der Waals surface area contributed by atoms with Gasteiger partial charge in [0.25, 0.3) is 0 Å². The van der Waals surface area contributed by atoms with Crippen molar-refractivity contribution >= 4 is 39.2 Å². The van der Waals surface area contributed by atoms with Crippen LogP contribution >= 0.6 is 0 Å². The summed E-state index contributed by atoms with van der Waals surface area (Å²) in [7, 11) is 0. The Balaban J connectivity index is 0.00000144. The van der Waals surface area contributed by atoms with Crippen LogP contribution in [0.15, 0.2) is 66.7 Å². The fourth-order valence-electron chi connectivity index (χ4n) is 1.43. The molecule has 0 bridgehead atoms. The second-order valence-corrected chi connectivity index (χ2v) is 3.47. The van der Waals surface area contributed by atoms with Gasteiger partial charge in [0, 0.05) is 5.56 Å². The monoisotopic (exact) mass is 418 g/mol. The summed E-state index contributed by atoms with van der Waals surface area (Å²) in [6.07, 6.45) is 3.43. The number of hydrogen-bond acceptors (Lipinski definition) is 1. The molecule has 2 aromatic carbocycles. The molecular formula is C15H14OPb. The van der Waals surface area contributed by atoms with Crippen LogP contribution in [0, 0.1) is 0 Å². The van der Waals surface area contributed by atoms with Gasteiger partial charge in [-0.1, -0.05) is 66.7 Å². The van der Waals surface area contributed by atoms with Crippen molar-refractivity contribution in [3.8, 4) is 0 Å². The molecule has 0 saturated heterocycles. The van der Waals surface area contributed by atoms with E-state index in [1.54, 1.807) is 6.08 Å². The number of allylic oxidation sites excluding steroid dienone is 1. The zero-order valence-electron chi connectivity index (χ0n) is 9.54. The minimum atomic E-state index is 0. The first-order valence-corrected chi connectivity index (χ1v) is 5.19. The molecule has 0 aliphatic heterocycles. The van der Waals surface area contributed by atoms with Crippen molar-refractivity contribution in [1.29, 1.82) is 0 Å². The summed E-state index contributed by atoms with van der Waals surface area (Å²) in [5.74, 6) is 0.0319. The van der Waals surface area contributed by atoms with E-state index >= 15 is 0 Å². The predicted molar refractivity (Wildman–Crippen MR) is 74.8 cm³/mol. The van der Waals surface area contributed by atoms with Crippen molar-refractivity contribution in [2.75, 3.05) is 0 Å². The Morgan fingerprint density at radius 1 is 0.824 bits per heavy atom. The summed E-state index contributed by atoms with van der Waals surface area (Å²) in [5.41, 5.74) is 1.75. The topological polar surface area (TPSA) is 17.1 Å². The summed E-state index contributed by atoms with van der Waals surface area (Å²) >= 11 is 0. The van der Waals surface area contributed by atoms with Crippen LogP contribution in [0.3, 0.4) is 0 Å². The second kappa shape index (κ2) is 7.17. The maximum atomic E-state index is 11.7. The number of ketones is 1. The van der Waals surface area contributed by atoms with Crippen LogP contribution in [-0.4, -0.2) is 33.1 Å². The Bertz CT molecular complexity index is 489. The standard InChI is InChI=1S/C15H12O.Pb.2H/c16-15(14-9-5-2-6-10-14)12-11-13-7-3-1-4-8-13;;;/h1-12H;;;/b12-11+;;;. The van der Waals surface area contributed by atoms with Gasteiger partial charge in [-0.3, -0.25) is 4.79 Å². The van der Waals surface area contributed by atoms with Gasteiger partial charge in [-0.25, -0.2) is 0 Å². The molecule has 2 heteroatoms. The summed E-state index contributed by atoms with van der Waals surface area (Å²) in [6, 6.07) is 19.1. The van der Waals surface area contributed by atoms with Gasteiger partial charge in [0.05, 0.1) is 0 Å². The van der Waals surface area contributed by atoms with Gasteiger partial charge in [-0.15, -0.1) is 0 Å².